The number of oxazole rings is 1. The van der Waals surface area contributed by atoms with Crippen LogP contribution in [-0.2, 0) is 5.41 Å². The average molecular weight is 323 g/mol. The Bertz CT molecular complexity index is 585. The Labute approximate surface area is 121 Å². The summed E-state index contributed by atoms with van der Waals surface area (Å²) in [4.78, 5) is 4.70. The number of halogens is 1. The number of benzene rings is 1. The van der Waals surface area contributed by atoms with Crippen LogP contribution in [0.15, 0.2) is 27.1 Å². The van der Waals surface area contributed by atoms with E-state index in [4.69, 9.17) is 9.40 Å². The zero-order chi connectivity index (χ0) is 13.5. The van der Waals surface area contributed by atoms with E-state index in [0.29, 0.717) is 5.92 Å². The first kappa shape index (κ1) is 13.1. The van der Waals surface area contributed by atoms with Gasteiger partial charge in [-0.3, -0.25) is 0 Å². The summed E-state index contributed by atoms with van der Waals surface area (Å²) in [6.07, 6.45) is 2.47. The molecule has 1 N–H and O–H groups in total. The molecule has 0 radical (unpaired) electrons. The molecule has 102 valence electrons. The zero-order valence-corrected chi connectivity index (χ0v) is 13.0. The molecule has 4 heteroatoms. The van der Waals surface area contributed by atoms with Gasteiger partial charge in [-0.25, -0.2) is 4.98 Å². The van der Waals surface area contributed by atoms with E-state index >= 15 is 0 Å². The Kier molecular flexibility index (Phi) is 3.39. The van der Waals surface area contributed by atoms with Crippen molar-refractivity contribution in [2.24, 2.45) is 5.92 Å². The van der Waals surface area contributed by atoms with Gasteiger partial charge in [-0.15, -0.1) is 0 Å². The predicted octanol–water partition coefficient (Wildman–Crippen LogP) is 3.87. The van der Waals surface area contributed by atoms with Crippen molar-refractivity contribution in [3.05, 3.63) is 28.6 Å². The fourth-order valence-corrected chi connectivity index (χ4v) is 3.17. The lowest BCUT2D eigenvalue weighted by Gasteiger charge is -2.34. The quantitative estimate of drug-likeness (QED) is 0.912. The number of hydrogen-bond donors (Lipinski definition) is 1. The second-order valence-corrected chi connectivity index (χ2v) is 6.81. The van der Waals surface area contributed by atoms with Crippen molar-refractivity contribution in [1.82, 2.24) is 10.3 Å². The van der Waals surface area contributed by atoms with Crippen LogP contribution in [0, 0.1) is 5.92 Å². The van der Waals surface area contributed by atoms with E-state index in [1.807, 2.05) is 18.2 Å². The van der Waals surface area contributed by atoms with Gasteiger partial charge in [0.2, 0.25) is 5.89 Å². The molecule has 1 fully saturated rings. The number of nitrogens with one attached hydrogen (secondary N) is 1. The van der Waals surface area contributed by atoms with Crippen molar-refractivity contribution in [3.63, 3.8) is 0 Å². The fraction of sp³-hybridized carbons (Fsp3) is 0.533. The highest BCUT2D eigenvalue weighted by Gasteiger charge is 2.36. The summed E-state index contributed by atoms with van der Waals surface area (Å²) < 4.78 is 7.02. The van der Waals surface area contributed by atoms with Crippen molar-refractivity contribution in [3.8, 4) is 0 Å². The Morgan fingerprint density at radius 2 is 2.26 bits per heavy atom. The molecule has 1 aromatic heterocycles. The van der Waals surface area contributed by atoms with Crippen LogP contribution in [0.5, 0.6) is 0 Å². The van der Waals surface area contributed by atoms with Crippen LogP contribution in [0.3, 0.4) is 0 Å². The molecule has 0 aliphatic carbocycles. The first-order chi connectivity index (χ1) is 9.07. The van der Waals surface area contributed by atoms with Gasteiger partial charge in [0, 0.05) is 9.89 Å². The van der Waals surface area contributed by atoms with E-state index < -0.39 is 0 Å². The van der Waals surface area contributed by atoms with Gasteiger partial charge in [-0.1, -0.05) is 29.8 Å². The summed E-state index contributed by atoms with van der Waals surface area (Å²) in [5.74, 6) is 1.44. The van der Waals surface area contributed by atoms with E-state index in [1.54, 1.807) is 0 Å². The van der Waals surface area contributed by atoms with Crippen LogP contribution in [0.25, 0.3) is 11.1 Å². The molecule has 3 nitrogen and oxygen atoms in total. The molecule has 1 aromatic carbocycles. The van der Waals surface area contributed by atoms with Crippen molar-refractivity contribution in [1.29, 1.82) is 0 Å². The zero-order valence-electron chi connectivity index (χ0n) is 11.4. The highest BCUT2D eigenvalue weighted by Crippen LogP contribution is 2.36. The number of aromatic nitrogens is 1. The maximum Gasteiger partial charge on any atom is 0.201 e. The minimum atomic E-state index is -0.0289. The van der Waals surface area contributed by atoms with Crippen molar-refractivity contribution in [2.75, 3.05) is 13.1 Å². The number of fused-ring (bicyclic) bond motifs is 1. The van der Waals surface area contributed by atoms with E-state index in [-0.39, 0.29) is 5.41 Å². The minimum absolute atomic E-state index is 0.0289. The third-order valence-electron chi connectivity index (χ3n) is 4.22. The van der Waals surface area contributed by atoms with Crippen LogP contribution in [0.1, 0.15) is 32.6 Å². The van der Waals surface area contributed by atoms with Crippen molar-refractivity contribution < 1.29 is 4.42 Å². The summed E-state index contributed by atoms with van der Waals surface area (Å²) in [7, 11) is 0. The van der Waals surface area contributed by atoms with Gasteiger partial charge in [-0.05, 0) is 50.0 Å². The summed E-state index contributed by atoms with van der Waals surface area (Å²) in [6, 6.07) is 5.98. The van der Waals surface area contributed by atoms with Gasteiger partial charge in [0.1, 0.15) is 5.52 Å². The van der Waals surface area contributed by atoms with Gasteiger partial charge in [0.25, 0.3) is 0 Å². The maximum absolute atomic E-state index is 5.98. The third-order valence-corrected chi connectivity index (χ3v) is 4.71. The van der Waals surface area contributed by atoms with Gasteiger partial charge in [0.15, 0.2) is 5.58 Å². The van der Waals surface area contributed by atoms with Gasteiger partial charge in [0.05, 0.1) is 0 Å². The highest BCUT2D eigenvalue weighted by atomic mass is 79.9. The summed E-state index contributed by atoms with van der Waals surface area (Å²) in [5, 5.41) is 3.48. The van der Waals surface area contributed by atoms with Crippen LogP contribution < -0.4 is 5.32 Å². The largest absolute Gasteiger partial charge is 0.440 e. The number of nitrogens with zero attached hydrogens (tertiary/aromatic N) is 1. The van der Waals surface area contributed by atoms with Crippen LogP contribution >= 0.6 is 15.9 Å². The summed E-state index contributed by atoms with van der Waals surface area (Å²) in [6.45, 7) is 6.66. The van der Waals surface area contributed by atoms with Gasteiger partial charge >= 0.3 is 0 Å². The lowest BCUT2D eigenvalue weighted by atomic mass is 9.75. The Balaban J connectivity index is 1.97. The van der Waals surface area contributed by atoms with E-state index in [2.05, 4.69) is 35.1 Å². The standard InChI is InChI=1S/C15H19BrN2O/c1-15(2,10-4-3-7-17-9-10)14-18-12-8-11(16)5-6-13(12)19-14/h5-6,8,10,17H,3-4,7,9H2,1-2H3. The van der Waals surface area contributed by atoms with E-state index in [0.717, 1.165) is 34.6 Å². The normalized spacial score (nSPS) is 20.9. The number of piperidine rings is 1. The summed E-state index contributed by atoms with van der Waals surface area (Å²) in [5.41, 5.74) is 1.77. The average Bonchev–Trinajstić information content (AvgIpc) is 2.83. The number of hydrogen-bond acceptors (Lipinski definition) is 3. The monoisotopic (exact) mass is 322 g/mol. The molecule has 1 aliphatic rings. The maximum atomic E-state index is 5.98. The molecule has 0 bridgehead atoms. The molecular weight excluding hydrogens is 304 g/mol. The molecule has 1 atom stereocenters. The van der Waals surface area contributed by atoms with Crippen molar-refractivity contribution in [2.45, 2.75) is 32.1 Å². The smallest absolute Gasteiger partial charge is 0.201 e. The molecule has 0 spiro atoms. The van der Waals surface area contributed by atoms with Crippen LogP contribution in [0.2, 0.25) is 0 Å². The van der Waals surface area contributed by atoms with Crippen LogP contribution in [0.4, 0.5) is 0 Å². The van der Waals surface area contributed by atoms with Crippen LogP contribution in [-0.4, -0.2) is 18.1 Å². The van der Waals surface area contributed by atoms with E-state index in [1.165, 1.54) is 12.8 Å². The predicted molar refractivity (Wildman–Crippen MR) is 80.3 cm³/mol. The first-order valence-electron chi connectivity index (χ1n) is 6.84. The first-order valence-corrected chi connectivity index (χ1v) is 7.64. The third kappa shape index (κ3) is 2.43. The molecule has 2 aromatic rings. The Morgan fingerprint density at radius 1 is 1.42 bits per heavy atom. The molecule has 1 unspecified atom stereocenters. The molecule has 0 saturated carbocycles. The molecule has 1 saturated heterocycles. The SMILES string of the molecule is CC(C)(c1nc2cc(Br)ccc2o1)C1CCCNC1. The lowest BCUT2D eigenvalue weighted by Crippen LogP contribution is -2.40. The topological polar surface area (TPSA) is 38.1 Å². The Morgan fingerprint density at radius 3 is 3.00 bits per heavy atom. The lowest BCUT2D eigenvalue weighted by molar-refractivity contribution is 0.215. The summed E-state index contributed by atoms with van der Waals surface area (Å²) >= 11 is 3.48. The second kappa shape index (κ2) is 4.91. The van der Waals surface area contributed by atoms with E-state index in [9.17, 15) is 0 Å². The molecular formula is C15H19BrN2O. The van der Waals surface area contributed by atoms with Crippen molar-refractivity contribution >= 4 is 27.0 Å². The highest BCUT2D eigenvalue weighted by molar-refractivity contribution is 9.10. The molecule has 3 rings (SSSR count). The molecule has 0 amide bonds. The molecule has 2 heterocycles. The Hall–Kier alpha value is -0.870. The fourth-order valence-electron chi connectivity index (χ4n) is 2.82. The van der Waals surface area contributed by atoms with Gasteiger partial charge in [-0.2, -0.15) is 0 Å². The molecule has 1 aliphatic heterocycles. The second-order valence-electron chi connectivity index (χ2n) is 5.90. The van der Waals surface area contributed by atoms with Gasteiger partial charge < -0.3 is 9.73 Å². The molecule has 19 heavy (non-hydrogen) atoms. The number of rotatable bonds is 2. The minimum Gasteiger partial charge on any atom is -0.440 e.